The Bertz CT molecular complexity index is 363. The average Bonchev–Trinajstić information content (AvgIpc) is 2.25. The smallest absolute Gasteiger partial charge is 0.319 e. The second-order valence-electron chi connectivity index (χ2n) is 3.23. The third-order valence-electron chi connectivity index (χ3n) is 2.22. The van der Waals surface area contributed by atoms with Crippen molar-refractivity contribution in [1.29, 1.82) is 0 Å². The number of hydrogen-bond donors (Lipinski definition) is 1. The number of nitrogens with zero attached hydrogens (tertiary/aromatic N) is 1. The zero-order chi connectivity index (χ0) is 11.3. The van der Waals surface area contributed by atoms with E-state index in [2.05, 4.69) is 0 Å². The minimum atomic E-state index is -0.506. The molecule has 80 valence electrons. The molecule has 4 heteroatoms. The van der Waals surface area contributed by atoms with E-state index in [1.165, 1.54) is 4.90 Å². The van der Waals surface area contributed by atoms with Crippen LogP contribution in [-0.2, 0) is 11.2 Å². The van der Waals surface area contributed by atoms with Crippen LogP contribution in [0.5, 0.6) is 0 Å². The maximum atomic E-state index is 11.0. The predicted molar refractivity (Wildman–Crippen MR) is 58.8 cm³/mol. The van der Waals surface area contributed by atoms with Crippen molar-refractivity contribution in [2.75, 3.05) is 11.9 Å². The highest BCUT2D eigenvalue weighted by atomic mass is 16.2. The van der Waals surface area contributed by atoms with E-state index in [1.54, 1.807) is 7.05 Å². The van der Waals surface area contributed by atoms with Crippen molar-refractivity contribution in [2.24, 2.45) is 5.73 Å². The number of benzene rings is 1. The van der Waals surface area contributed by atoms with Gasteiger partial charge in [0.2, 0.25) is 0 Å². The van der Waals surface area contributed by atoms with Crippen LogP contribution in [0.2, 0.25) is 0 Å². The van der Waals surface area contributed by atoms with Gasteiger partial charge in [0.25, 0.3) is 0 Å². The van der Waals surface area contributed by atoms with Gasteiger partial charge in [0.05, 0.1) is 0 Å². The number of hydrogen-bond acceptors (Lipinski definition) is 2. The van der Waals surface area contributed by atoms with Crippen LogP contribution in [0.1, 0.15) is 12.0 Å². The lowest BCUT2D eigenvalue weighted by Gasteiger charge is -2.17. The van der Waals surface area contributed by atoms with Gasteiger partial charge in [-0.2, -0.15) is 0 Å². The molecular formula is C11H14N2O2. The minimum absolute atomic E-state index is 0.448. The summed E-state index contributed by atoms with van der Waals surface area (Å²) in [7, 11) is 1.61. The SMILES string of the molecule is CN(C(N)=O)c1ccccc1CCC=O. The standard InChI is InChI=1S/C11H14N2O2/c1-13(11(12)15)10-7-3-2-5-9(10)6-4-8-14/h2-3,5,7-8H,4,6H2,1H3,(H2,12,15). The minimum Gasteiger partial charge on any atom is -0.351 e. The van der Waals surface area contributed by atoms with Crippen molar-refractivity contribution in [1.82, 2.24) is 0 Å². The molecule has 2 amide bonds. The van der Waals surface area contributed by atoms with Gasteiger partial charge < -0.3 is 10.5 Å². The summed E-state index contributed by atoms with van der Waals surface area (Å²) in [4.78, 5) is 22.7. The van der Waals surface area contributed by atoms with Crippen molar-refractivity contribution in [2.45, 2.75) is 12.8 Å². The zero-order valence-electron chi connectivity index (χ0n) is 8.64. The number of carbonyl (C=O) groups is 2. The fourth-order valence-corrected chi connectivity index (χ4v) is 1.38. The van der Waals surface area contributed by atoms with Crippen molar-refractivity contribution >= 4 is 18.0 Å². The molecule has 0 fully saturated rings. The number of para-hydroxylation sites is 1. The molecule has 1 aromatic carbocycles. The average molecular weight is 206 g/mol. The number of amides is 2. The van der Waals surface area contributed by atoms with Crippen molar-refractivity contribution in [3.63, 3.8) is 0 Å². The second kappa shape index (κ2) is 5.14. The molecule has 0 unspecified atom stereocenters. The summed E-state index contributed by atoms with van der Waals surface area (Å²) in [5, 5.41) is 0. The molecule has 15 heavy (non-hydrogen) atoms. The second-order valence-corrected chi connectivity index (χ2v) is 3.23. The lowest BCUT2D eigenvalue weighted by molar-refractivity contribution is -0.107. The van der Waals surface area contributed by atoms with Gasteiger partial charge >= 0.3 is 6.03 Å². The summed E-state index contributed by atoms with van der Waals surface area (Å²) in [5.74, 6) is 0. The van der Waals surface area contributed by atoms with E-state index in [9.17, 15) is 9.59 Å². The van der Waals surface area contributed by atoms with Gasteiger partial charge in [-0.15, -0.1) is 0 Å². The first-order valence-corrected chi connectivity index (χ1v) is 4.71. The van der Waals surface area contributed by atoms with Gasteiger partial charge in [-0.3, -0.25) is 4.90 Å². The summed E-state index contributed by atoms with van der Waals surface area (Å²) >= 11 is 0. The maximum Gasteiger partial charge on any atom is 0.319 e. The summed E-state index contributed by atoms with van der Waals surface area (Å²) in [6.07, 6.45) is 1.93. The van der Waals surface area contributed by atoms with Crippen LogP contribution in [0.25, 0.3) is 0 Å². The van der Waals surface area contributed by atoms with E-state index in [0.29, 0.717) is 12.8 Å². The lowest BCUT2D eigenvalue weighted by Crippen LogP contribution is -2.32. The molecular weight excluding hydrogens is 192 g/mol. The van der Waals surface area contributed by atoms with E-state index in [0.717, 1.165) is 17.5 Å². The molecule has 0 aliphatic heterocycles. The van der Waals surface area contributed by atoms with E-state index in [1.807, 2.05) is 24.3 Å². The molecule has 0 heterocycles. The number of primary amides is 1. The largest absolute Gasteiger partial charge is 0.351 e. The Hall–Kier alpha value is -1.84. The van der Waals surface area contributed by atoms with Gasteiger partial charge in [-0.05, 0) is 18.1 Å². The third-order valence-corrected chi connectivity index (χ3v) is 2.22. The summed E-state index contributed by atoms with van der Waals surface area (Å²) < 4.78 is 0. The molecule has 4 nitrogen and oxygen atoms in total. The maximum absolute atomic E-state index is 11.0. The fourth-order valence-electron chi connectivity index (χ4n) is 1.38. The lowest BCUT2D eigenvalue weighted by atomic mass is 10.1. The van der Waals surface area contributed by atoms with E-state index < -0.39 is 6.03 Å². The quantitative estimate of drug-likeness (QED) is 0.755. The molecule has 1 aromatic rings. The number of rotatable bonds is 4. The van der Waals surface area contributed by atoms with Crippen LogP contribution in [0.3, 0.4) is 0 Å². The Morgan fingerprint density at radius 2 is 2.13 bits per heavy atom. The number of aldehydes is 1. The van der Waals surface area contributed by atoms with Crippen LogP contribution >= 0.6 is 0 Å². The molecule has 0 aliphatic carbocycles. The van der Waals surface area contributed by atoms with Crippen LogP contribution in [0, 0.1) is 0 Å². The van der Waals surface area contributed by atoms with Gasteiger partial charge in [-0.1, -0.05) is 18.2 Å². The normalized spacial score (nSPS) is 9.67. The van der Waals surface area contributed by atoms with E-state index >= 15 is 0 Å². The number of anilines is 1. The van der Waals surface area contributed by atoms with E-state index in [-0.39, 0.29) is 0 Å². The number of nitrogens with two attached hydrogens (primary N) is 1. The molecule has 0 bridgehead atoms. The summed E-state index contributed by atoms with van der Waals surface area (Å²) in [6.45, 7) is 0. The fraction of sp³-hybridized carbons (Fsp3) is 0.273. The molecule has 0 aromatic heterocycles. The highest BCUT2D eigenvalue weighted by Crippen LogP contribution is 2.19. The van der Waals surface area contributed by atoms with Crippen LogP contribution in [0.15, 0.2) is 24.3 Å². The first kappa shape index (κ1) is 11.2. The van der Waals surface area contributed by atoms with Crippen LogP contribution in [0.4, 0.5) is 10.5 Å². The molecule has 0 spiro atoms. The first-order valence-electron chi connectivity index (χ1n) is 4.71. The zero-order valence-corrected chi connectivity index (χ0v) is 8.64. The van der Waals surface area contributed by atoms with Gasteiger partial charge in [0.15, 0.2) is 0 Å². The highest BCUT2D eigenvalue weighted by Gasteiger charge is 2.10. The molecule has 0 saturated carbocycles. The Morgan fingerprint density at radius 3 is 2.73 bits per heavy atom. The molecule has 0 atom stereocenters. The molecule has 0 saturated heterocycles. The van der Waals surface area contributed by atoms with Gasteiger partial charge in [0.1, 0.15) is 6.29 Å². The molecule has 0 radical (unpaired) electrons. The third kappa shape index (κ3) is 2.80. The monoisotopic (exact) mass is 206 g/mol. The summed E-state index contributed by atoms with van der Waals surface area (Å²) in [5.41, 5.74) is 6.89. The predicted octanol–water partition coefficient (Wildman–Crippen LogP) is 1.33. The van der Waals surface area contributed by atoms with Gasteiger partial charge in [0, 0.05) is 19.2 Å². The number of aryl methyl sites for hydroxylation is 1. The topological polar surface area (TPSA) is 63.4 Å². The van der Waals surface area contributed by atoms with E-state index in [4.69, 9.17) is 5.73 Å². The Morgan fingerprint density at radius 1 is 1.47 bits per heavy atom. The number of carbonyl (C=O) groups excluding carboxylic acids is 2. The Kier molecular flexibility index (Phi) is 3.85. The van der Waals surface area contributed by atoms with Crippen molar-refractivity contribution < 1.29 is 9.59 Å². The molecule has 0 aliphatic rings. The first-order chi connectivity index (χ1) is 7.16. The Balaban J connectivity index is 2.94. The Labute approximate surface area is 88.7 Å². The molecule has 2 N–H and O–H groups in total. The van der Waals surface area contributed by atoms with Crippen molar-refractivity contribution in [3.8, 4) is 0 Å². The van der Waals surface area contributed by atoms with Crippen LogP contribution in [-0.4, -0.2) is 19.4 Å². The molecule has 1 rings (SSSR count). The summed E-state index contributed by atoms with van der Waals surface area (Å²) in [6, 6.07) is 6.90. The van der Waals surface area contributed by atoms with Crippen molar-refractivity contribution in [3.05, 3.63) is 29.8 Å². The van der Waals surface area contributed by atoms with Gasteiger partial charge in [-0.25, -0.2) is 4.79 Å². The highest BCUT2D eigenvalue weighted by molar-refractivity contribution is 5.90. The van der Waals surface area contributed by atoms with Crippen LogP contribution < -0.4 is 10.6 Å². The number of urea groups is 1.